The number of hydrogen-bond donors (Lipinski definition) is 0. The number of ether oxygens (including phenoxy) is 1. The van der Waals surface area contributed by atoms with Gasteiger partial charge < -0.3 is 9.57 Å². The van der Waals surface area contributed by atoms with Crippen molar-refractivity contribution in [3.05, 3.63) is 64.1 Å². The smallest absolute Gasteiger partial charge is 0.369 e. The summed E-state index contributed by atoms with van der Waals surface area (Å²) in [6, 6.07) is 13.1. The molecule has 0 aliphatic heterocycles. The van der Waals surface area contributed by atoms with Crippen molar-refractivity contribution in [3.8, 4) is 5.75 Å². The van der Waals surface area contributed by atoms with Crippen LogP contribution in [-0.2, 0) is 9.63 Å². The van der Waals surface area contributed by atoms with Crippen LogP contribution in [0.2, 0.25) is 10.0 Å². The van der Waals surface area contributed by atoms with Crippen LogP contribution in [0.4, 0.5) is 0 Å². The minimum absolute atomic E-state index is 0.277. The van der Waals surface area contributed by atoms with Gasteiger partial charge in [-0.1, -0.05) is 41.4 Å². The molecule has 0 aromatic heterocycles. The Morgan fingerprint density at radius 1 is 1.09 bits per heavy atom. The van der Waals surface area contributed by atoms with Crippen LogP contribution < -0.4 is 4.74 Å². The van der Waals surface area contributed by atoms with E-state index < -0.39 is 18.5 Å². The molecule has 5 nitrogen and oxygen atoms in total. The van der Waals surface area contributed by atoms with Crippen molar-refractivity contribution >= 4 is 35.1 Å². The number of carbonyl (C=O) groups excluding carboxylic acids is 2. The van der Waals surface area contributed by atoms with Gasteiger partial charge in [0.15, 0.2) is 6.61 Å². The molecule has 2 rings (SSSR count). The Hall–Kier alpha value is -2.24. The Balaban J connectivity index is 1.88. The van der Waals surface area contributed by atoms with Gasteiger partial charge in [0, 0.05) is 17.6 Å². The fraction of sp³-hybridized carbons (Fsp3) is 0.125. The first-order chi connectivity index (χ1) is 11.0. The number of rotatable bonds is 4. The number of hydroxylamine groups is 2. The molecule has 0 radical (unpaired) electrons. The standard InChI is InChI=1S/C16H13Cl2NO4/c1-19(16(21)11-5-3-2-4-6-11)23-15(20)10-22-14-8-7-12(17)9-13(14)18/h2-9H,10H2,1H3. The van der Waals surface area contributed by atoms with Crippen LogP contribution >= 0.6 is 23.2 Å². The average Bonchev–Trinajstić information content (AvgIpc) is 2.54. The Labute approximate surface area is 143 Å². The van der Waals surface area contributed by atoms with E-state index in [1.165, 1.54) is 19.2 Å². The zero-order valence-electron chi connectivity index (χ0n) is 12.2. The summed E-state index contributed by atoms with van der Waals surface area (Å²) < 4.78 is 5.24. The van der Waals surface area contributed by atoms with Gasteiger partial charge in [0.25, 0.3) is 5.91 Å². The molecular weight excluding hydrogens is 341 g/mol. The molecule has 0 unspecified atom stereocenters. The highest BCUT2D eigenvalue weighted by atomic mass is 35.5. The van der Waals surface area contributed by atoms with Crippen LogP contribution in [0.3, 0.4) is 0 Å². The summed E-state index contributed by atoms with van der Waals surface area (Å²) in [6.07, 6.45) is 0. The van der Waals surface area contributed by atoms with E-state index >= 15 is 0 Å². The van der Waals surface area contributed by atoms with E-state index in [1.807, 2.05) is 0 Å². The highest BCUT2D eigenvalue weighted by Gasteiger charge is 2.16. The molecule has 0 atom stereocenters. The summed E-state index contributed by atoms with van der Waals surface area (Å²) in [5.74, 6) is -0.878. The van der Waals surface area contributed by atoms with Crippen molar-refractivity contribution < 1.29 is 19.2 Å². The summed E-state index contributed by atoms with van der Waals surface area (Å²) in [6.45, 7) is -0.395. The molecule has 0 fully saturated rings. The molecule has 7 heteroatoms. The fourth-order valence-corrected chi connectivity index (χ4v) is 2.18. The highest BCUT2D eigenvalue weighted by Crippen LogP contribution is 2.27. The average molecular weight is 354 g/mol. The van der Waals surface area contributed by atoms with Gasteiger partial charge in [-0.2, -0.15) is 5.06 Å². The van der Waals surface area contributed by atoms with Crippen LogP contribution in [0, 0.1) is 0 Å². The van der Waals surface area contributed by atoms with Gasteiger partial charge in [-0.3, -0.25) is 4.79 Å². The van der Waals surface area contributed by atoms with Crippen molar-refractivity contribution in [2.45, 2.75) is 0 Å². The van der Waals surface area contributed by atoms with Crippen molar-refractivity contribution in [2.24, 2.45) is 0 Å². The first kappa shape index (κ1) is 17.1. The van der Waals surface area contributed by atoms with Gasteiger partial charge in [0.05, 0.1) is 5.02 Å². The monoisotopic (exact) mass is 353 g/mol. The van der Waals surface area contributed by atoms with Crippen LogP contribution in [0.25, 0.3) is 0 Å². The van der Waals surface area contributed by atoms with E-state index in [-0.39, 0.29) is 5.02 Å². The highest BCUT2D eigenvalue weighted by molar-refractivity contribution is 6.35. The zero-order valence-corrected chi connectivity index (χ0v) is 13.7. The second kappa shape index (κ2) is 7.85. The normalized spacial score (nSPS) is 10.0. The van der Waals surface area contributed by atoms with Crippen molar-refractivity contribution in [2.75, 3.05) is 13.7 Å². The first-order valence-corrected chi connectivity index (χ1v) is 7.34. The van der Waals surface area contributed by atoms with E-state index in [0.717, 1.165) is 5.06 Å². The molecule has 0 saturated heterocycles. The first-order valence-electron chi connectivity index (χ1n) is 6.59. The second-order valence-electron chi connectivity index (χ2n) is 4.50. The number of nitrogens with zero attached hydrogens (tertiary/aromatic N) is 1. The minimum atomic E-state index is -0.734. The summed E-state index contributed by atoms with van der Waals surface area (Å²) in [5.41, 5.74) is 0.407. The van der Waals surface area contributed by atoms with Crippen molar-refractivity contribution in [3.63, 3.8) is 0 Å². The quantitative estimate of drug-likeness (QED) is 0.788. The third-order valence-corrected chi connectivity index (χ3v) is 3.32. The van der Waals surface area contributed by atoms with Gasteiger partial charge in [0.2, 0.25) is 0 Å². The molecule has 0 N–H and O–H groups in total. The number of carbonyl (C=O) groups is 2. The molecule has 1 amide bonds. The van der Waals surface area contributed by atoms with E-state index in [0.29, 0.717) is 16.3 Å². The summed E-state index contributed by atoms with van der Waals surface area (Å²) in [7, 11) is 1.35. The van der Waals surface area contributed by atoms with Crippen LogP contribution in [-0.4, -0.2) is 30.6 Å². The molecule has 2 aromatic carbocycles. The number of amides is 1. The van der Waals surface area contributed by atoms with Crippen LogP contribution in [0.15, 0.2) is 48.5 Å². The van der Waals surface area contributed by atoms with Gasteiger partial charge in [-0.05, 0) is 30.3 Å². The maximum absolute atomic E-state index is 12.0. The Morgan fingerprint density at radius 3 is 2.43 bits per heavy atom. The van der Waals surface area contributed by atoms with Crippen LogP contribution in [0.1, 0.15) is 10.4 Å². The molecule has 0 bridgehead atoms. The number of benzene rings is 2. The molecule has 0 heterocycles. The molecule has 0 aliphatic carbocycles. The SMILES string of the molecule is CN(OC(=O)COc1ccc(Cl)cc1Cl)C(=O)c1ccccc1. The third-order valence-electron chi connectivity index (χ3n) is 2.78. The molecule has 0 saturated carbocycles. The van der Waals surface area contributed by atoms with Crippen molar-refractivity contribution in [1.82, 2.24) is 5.06 Å². The predicted molar refractivity (Wildman–Crippen MR) is 86.6 cm³/mol. The lowest BCUT2D eigenvalue weighted by Crippen LogP contribution is -2.32. The zero-order chi connectivity index (χ0) is 16.8. The van der Waals surface area contributed by atoms with Gasteiger partial charge in [0.1, 0.15) is 5.75 Å². The second-order valence-corrected chi connectivity index (χ2v) is 5.34. The lowest BCUT2D eigenvalue weighted by molar-refractivity contribution is -0.175. The number of hydrogen-bond acceptors (Lipinski definition) is 4. The molecule has 120 valence electrons. The largest absolute Gasteiger partial charge is 0.480 e. The lowest BCUT2D eigenvalue weighted by Gasteiger charge is -2.16. The molecule has 0 spiro atoms. The summed E-state index contributed by atoms with van der Waals surface area (Å²) >= 11 is 11.7. The maximum atomic E-state index is 12.0. The Morgan fingerprint density at radius 2 is 1.78 bits per heavy atom. The Kier molecular flexibility index (Phi) is 5.84. The summed E-state index contributed by atoms with van der Waals surface area (Å²) in [5, 5.41) is 1.59. The van der Waals surface area contributed by atoms with Crippen LogP contribution in [0.5, 0.6) is 5.75 Å². The van der Waals surface area contributed by atoms with Gasteiger partial charge in [-0.25, -0.2) is 4.79 Å². The van der Waals surface area contributed by atoms with E-state index in [4.69, 9.17) is 32.8 Å². The third kappa shape index (κ3) is 4.87. The Bertz CT molecular complexity index is 706. The van der Waals surface area contributed by atoms with E-state index in [1.54, 1.807) is 36.4 Å². The number of halogens is 2. The minimum Gasteiger partial charge on any atom is -0.480 e. The molecule has 2 aromatic rings. The van der Waals surface area contributed by atoms with Crippen molar-refractivity contribution in [1.29, 1.82) is 0 Å². The van der Waals surface area contributed by atoms with Gasteiger partial charge in [-0.15, -0.1) is 0 Å². The molecule has 0 aliphatic rings. The topological polar surface area (TPSA) is 55.8 Å². The van der Waals surface area contributed by atoms with Gasteiger partial charge >= 0.3 is 5.97 Å². The maximum Gasteiger partial charge on any atom is 0.369 e. The predicted octanol–water partition coefficient (Wildman–Crippen LogP) is 3.60. The fourth-order valence-electron chi connectivity index (χ4n) is 1.71. The van der Waals surface area contributed by atoms with E-state index in [9.17, 15) is 9.59 Å². The molecular formula is C16H13Cl2NO4. The lowest BCUT2D eigenvalue weighted by atomic mass is 10.2. The van der Waals surface area contributed by atoms with E-state index in [2.05, 4.69) is 0 Å². The summed E-state index contributed by atoms with van der Waals surface area (Å²) in [4.78, 5) is 28.7. The molecule has 23 heavy (non-hydrogen) atoms.